The van der Waals surface area contributed by atoms with Crippen LogP contribution in [0.4, 0.5) is 5.69 Å². The predicted octanol–water partition coefficient (Wildman–Crippen LogP) is 2.03. The molecule has 0 atom stereocenters. The zero-order chi connectivity index (χ0) is 20.9. The third-order valence-electron chi connectivity index (χ3n) is 4.81. The summed E-state index contributed by atoms with van der Waals surface area (Å²) in [6.07, 6.45) is 0. The first-order valence-electron chi connectivity index (χ1n) is 9.69. The van der Waals surface area contributed by atoms with E-state index in [1.54, 1.807) is 23.1 Å². The summed E-state index contributed by atoms with van der Waals surface area (Å²) in [6, 6.07) is 12.8. The highest BCUT2D eigenvalue weighted by molar-refractivity contribution is 7.99. The maximum Gasteiger partial charge on any atom is 0.254 e. The fourth-order valence-corrected chi connectivity index (χ4v) is 3.89. The van der Waals surface area contributed by atoms with Crippen LogP contribution in [-0.2, 0) is 16.1 Å². The Hall–Kier alpha value is -3.04. The number of H-pyrrole nitrogens is 1. The molecular weight excluding hydrogens is 402 g/mol. The fraction of sp³-hybridized carbons (Fsp3) is 0.286. The van der Waals surface area contributed by atoms with Crippen LogP contribution in [0.2, 0.25) is 0 Å². The summed E-state index contributed by atoms with van der Waals surface area (Å²) in [5.41, 5.74) is 9.69. The summed E-state index contributed by atoms with van der Waals surface area (Å²) in [5, 5.41) is 3.57. The SMILES string of the molecule is Nc1ccc2nc(SCC(=O)NCc3ccc(C(=O)N4CCOCC4)cc3)[nH]c2c1. The maximum absolute atomic E-state index is 12.5. The van der Waals surface area contributed by atoms with Gasteiger partial charge in [-0.15, -0.1) is 0 Å². The van der Waals surface area contributed by atoms with Gasteiger partial charge in [-0.1, -0.05) is 23.9 Å². The number of anilines is 1. The van der Waals surface area contributed by atoms with E-state index in [0.717, 1.165) is 16.6 Å². The molecule has 1 aromatic heterocycles. The molecule has 2 aromatic carbocycles. The number of morpholine rings is 1. The summed E-state index contributed by atoms with van der Waals surface area (Å²) >= 11 is 1.34. The van der Waals surface area contributed by atoms with Gasteiger partial charge in [0.05, 0.1) is 30.0 Å². The number of fused-ring (bicyclic) bond motifs is 1. The average Bonchev–Trinajstić information content (AvgIpc) is 3.19. The van der Waals surface area contributed by atoms with Crippen LogP contribution in [0.3, 0.4) is 0 Å². The topological polar surface area (TPSA) is 113 Å². The van der Waals surface area contributed by atoms with Crippen LogP contribution >= 0.6 is 11.8 Å². The molecule has 8 nitrogen and oxygen atoms in total. The lowest BCUT2D eigenvalue weighted by molar-refractivity contribution is -0.118. The van der Waals surface area contributed by atoms with Crippen molar-refractivity contribution >= 4 is 40.3 Å². The number of amides is 2. The number of imidazole rings is 1. The zero-order valence-electron chi connectivity index (χ0n) is 16.4. The molecule has 0 aliphatic carbocycles. The second-order valence-electron chi connectivity index (χ2n) is 6.99. The van der Waals surface area contributed by atoms with Gasteiger partial charge < -0.3 is 25.7 Å². The third kappa shape index (κ3) is 4.92. The third-order valence-corrected chi connectivity index (χ3v) is 5.69. The monoisotopic (exact) mass is 425 g/mol. The molecule has 3 aromatic rings. The molecule has 1 fully saturated rings. The van der Waals surface area contributed by atoms with Gasteiger partial charge in [0, 0.05) is 30.9 Å². The van der Waals surface area contributed by atoms with Gasteiger partial charge in [-0.2, -0.15) is 0 Å². The number of rotatable bonds is 6. The predicted molar refractivity (Wildman–Crippen MR) is 116 cm³/mol. The summed E-state index contributed by atoms with van der Waals surface area (Å²) in [4.78, 5) is 34.0. The second-order valence-corrected chi connectivity index (χ2v) is 7.95. The molecule has 4 N–H and O–H groups in total. The van der Waals surface area contributed by atoms with Crippen LogP contribution < -0.4 is 11.1 Å². The van der Waals surface area contributed by atoms with Crippen LogP contribution in [0.5, 0.6) is 0 Å². The first-order valence-corrected chi connectivity index (χ1v) is 10.7. The molecule has 9 heteroatoms. The van der Waals surface area contributed by atoms with Crippen molar-refractivity contribution in [3.63, 3.8) is 0 Å². The van der Waals surface area contributed by atoms with E-state index in [9.17, 15) is 9.59 Å². The van der Waals surface area contributed by atoms with E-state index in [2.05, 4.69) is 15.3 Å². The van der Waals surface area contributed by atoms with Gasteiger partial charge in [0.15, 0.2) is 5.16 Å². The Balaban J connectivity index is 1.25. The normalized spacial score (nSPS) is 14.1. The fourth-order valence-electron chi connectivity index (χ4n) is 3.17. The highest BCUT2D eigenvalue weighted by Gasteiger charge is 2.18. The van der Waals surface area contributed by atoms with Crippen molar-refractivity contribution in [1.82, 2.24) is 20.2 Å². The molecule has 1 saturated heterocycles. The molecular formula is C21H23N5O3S. The molecule has 0 bridgehead atoms. The van der Waals surface area contributed by atoms with E-state index in [4.69, 9.17) is 10.5 Å². The van der Waals surface area contributed by atoms with Crippen LogP contribution in [0.1, 0.15) is 15.9 Å². The largest absolute Gasteiger partial charge is 0.399 e. The first-order chi connectivity index (χ1) is 14.6. The van der Waals surface area contributed by atoms with Crippen LogP contribution in [0.25, 0.3) is 11.0 Å². The highest BCUT2D eigenvalue weighted by Crippen LogP contribution is 2.21. The van der Waals surface area contributed by atoms with Gasteiger partial charge in [0.2, 0.25) is 5.91 Å². The average molecular weight is 426 g/mol. The molecule has 0 radical (unpaired) electrons. The minimum atomic E-state index is -0.0894. The molecule has 0 spiro atoms. The number of carbonyl (C=O) groups is 2. The Morgan fingerprint density at radius 1 is 1.17 bits per heavy atom. The van der Waals surface area contributed by atoms with Gasteiger partial charge in [-0.3, -0.25) is 9.59 Å². The van der Waals surface area contributed by atoms with Crippen LogP contribution in [0, 0.1) is 0 Å². The number of aromatic amines is 1. The van der Waals surface area contributed by atoms with Gasteiger partial charge in [0.1, 0.15) is 0 Å². The molecule has 156 valence electrons. The lowest BCUT2D eigenvalue weighted by atomic mass is 10.1. The first kappa shape index (κ1) is 20.2. The van der Waals surface area contributed by atoms with E-state index in [0.29, 0.717) is 49.3 Å². The number of ether oxygens (including phenoxy) is 1. The molecule has 30 heavy (non-hydrogen) atoms. The maximum atomic E-state index is 12.5. The Kier molecular flexibility index (Phi) is 6.20. The summed E-state index contributed by atoms with van der Waals surface area (Å²) in [7, 11) is 0. The van der Waals surface area contributed by atoms with E-state index < -0.39 is 0 Å². The van der Waals surface area contributed by atoms with Crippen molar-refractivity contribution < 1.29 is 14.3 Å². The molecule has 2 amide bonds. The molecule has 0 unspecified atom stereocenters. The minimum Gasteiger partial charge on any atom is -0.399 e. The van der Waals surface area contributed by atoms with Gasteiger partial charge in [-0.25, -0.2) is 4.98 Å². The summed E-state index contributed by atoms with van der Waals surface area (Å²) in [5.74, 6) is 0.175. The molecule has 4 rings (SSSR count). The van der Waals surface area contributed by atoms with Crippen molar-refractivity contribution in [1.29, 1.82) is 0 Å². The smallest absolute Gasteiger partial charge is 0.254 e. The number of hydrogen-bond donors (Lipinski definition) is 3. The highest BCUT2D eigenvalue weighted by atomic mass is 32.2. The van der Waals surface area contributed by atoms with Crippen molar-refractivity contribution in [2.45, 2.75) is 11.7 Å². The Morgan fingerprint density at radius 3 is 2.70 bits per heavy atom. The molecule has 1 aliphatic heterocycles. The lowest BCUT2D eigenvalue weighted by Crippen LogP contribution is -2.40. The number of benzene rings is 2. The number of nitrogens with one attached hydrogen (secondary N) is 2. The van der Waals surface area contributed by atoms with Crippen molar-refractivity contribution in [2.75, 3.05) is 37.8 Å². The Labute approximate surface area is 178 Å². The van der Waals surface area contributed by atoms with Crippen LogP contribution in [0.15, 0.2) is 47.6 Å². The number of carbonyl (C=O) groups excluding carboxylic acids is 2. The van der Waals surface area contributed by atoms with Crippen molar-refractivity contribution in [2.24, 2.45) is 0 Å². The van der Waals surface area contributed by atoms with Gasteiger partial charge in [-0.05, 0) is 35.9 Å². The number of aromatic nitrogens is 2. The molecule has 2 heterocycles. The van der Waals surface area contributed by atoms with Gasteiger partial charge in [0.25, 0.3) is 5.91 Å². The summed E-state index contributed by atoms with van der Waals surface area (Å²) in [6.45, 7) is 2.80. The minimum absolute atomic E-state index is 0.0119. The molecule has 0 saturated carbocycles. The van der Waals surface area contributed by atoms with Crippen LogP contribution in [-0.4, -0.2) is 58.7 Å². The number of thioether (sulfide) groups is 1. The summed E-state index contributed by atoms with van der Waals surface area (Å²) < 4.78 is 5.28. The number of nitrogen functional groups attached to an aromatic ring is 1. The lowest BCUT2D eigenvalue weighted by Gasteiger charge is -2.26. The standard InChI is InChI=1S/C21H23N5O3S/c22-16-5-6-17-18(11-16)25-21(24-17)30-13-19(27)23-12-14-1-3-15(4-2-14)20(28)26-7-9-29-10-8-26/h1-6,11H,7-10,12-13,22H2,(H,23,27)(H,24,25). The van der Waals surface area contributed by atoms with E-state index in [1.165, 1.54) is 11.8 Å². The van der Waals surface area contributed by atoms with Crippen molar-refractivity contribution in [3.8, 4) is 0 Å². The zero-order valence-corrected chi connectivity index (χ0v) is 17.2. The van der Waals surface area contributed by atoms with Gasteiger partial charge >= 0.3 is 0 Å². The van der Waals surface area contributed by atoms with E-state index >= 15 is 0 Å². The quantitative estimate of drug-likeness (QED) is 0.411. The van der Waals surface area contributed by atoms with Crippen molar-refractivity contribution in [3.05, 3.63) is 53.6 Å². The van der Waals surface area contributed by atoms with E-state index in [1.807, 2.05) is 24.3 Å². The second kappa shape index (κ2) is 9.19. The molecule has 1 aliphatic rings. The number of nitrogens with zero attached hydrogens (tertiary/aromatic N) is 2. The number of hydrogen-bond acceptors (Lipinski definition) is 6. The Bertz CT molecular complexity index is 1040. The van der Waals surface area contributed by atoms with E-state index in [-0.39, 0.29) is 17.6 Å². The Morgan fingerprint density at radius 2 is 1.93 bits per heavy atom. The number of nitrogens with two attached hydrogens (primary N) is 1.